The van der Waals surface area contributed by atoms with Crippen LogP contribution in [-0.2, 0) is 14.3 Å². The predicted molar refractivity (Wildman–Crippen MR) is 61.4 cm³/mol. The minimum Gasteiger partial charge on any atom is -0.481 e. The normalized spacial score (nSPS) is 15.9. The third-order valence-corrected chi connectivity index (χ3v) is 2.35. The van der Waals surface area contributed by atoms with Gasteiger partial charge in [-0.1, -0.05) is 0 Å². The Morgan fingerprint density at radius 2 is 2.11 bits per heavy atom. The van der Waals surface area contributed by atoms with E-state index in [1.165, 1.54) is 6.20 Å². The van der Waals surface area contributed by atoms with Crippen LogP contribution >= 0.6 is 0 Å². The molecule has 0 unspecified atom stereocenters. The molecule has 0 radical (unpaired) electrons. The van der Waals surface area contributed by atoms with Crippen molar-refractivity contribution in [3.05, 3.63) is 11.8 Å². The zero-order valence-electron chi connectivity index (χ0n) is 9.89. The Hall–Kier alpha value is -2.07. The zero-order valence-corrected chi connectivity index (χ0v) is 9.89. The van der Waals surface area contributed by atoms with Crippen molar-refractivity contribution in [3.63, 3.8) is 0 Å². The fourth-order valence-corrected chi connectivity index (χ4v) is 1.41. The number of morpholine rings is 1. The summed E-state index contributed by atoms with van der Waals surface area (Å²) >= 11 is 0. The van der Waals surface area contributed by atoms with Crippen LogP contribution in [0.5, 0.6) is 0 Å². The Morgan fingerprint density at radius 1 is 1.44 bits per heavy atom. The van der Waals surface area contributed by atoms with Gasteiger partial charge in [-0.05, 0) is 0 Å². The monoisotopic (exact) mass is 253 g/mol. The lowest BCUT2D eigenvalue weighted by Crippen LogP contribution is -2.34. The summed E-state index contributed by atoms with van der Waals surface area (Å²) in [5, 5.41) is 19.7. The molecule has 1 fully saturated rings. The highest BCUT2D eigenvalue weighted by molar-refractivity contribution is 5.97. The minimum absolute atomic E-state index is 0.0102. The topological polar surface area (TPSA) is 103 Å². The molecule has 0 aliphatic carbocycles. The number of carboxylic acid groups (broad SMARTS) is 1. The van der Waals surface area contributed by atoms with Crippen molar-refractivity contribution in [2.45, 2.75) is 6.42 Å². The fraction of sp³-hybridized carbons (Fsp3) is 0.545. The van der Waals surface area contributed by atoms with Gasteiger partial charge in [-0.3, -0.25) is 9.59 Å². The maximum atomic E-state index is 11.6. The SMILES string of the molecule is N#C/C(=C/N1CCOCC1)C(=O)NCCC(=O)O. The maximum absolute atomic E-state index is 11.6. The average Bonchev–Trinajstić information content (AvgIpc) is 2.36. The van der Waals surface area contributed by atoms with Gasteiger partial charge in [0, 0.05) is 25.8 Å². The Morgan fingerprint density at radius 3 is 2.67 bits per heavy atom. The number of hydrogen-bond acceptors (Lipinski definition) is 5. The van der Waals surface area contributed by atoms with Gasteiger partial charge in [0.1, 0.15) is 11.6 Å². The number of carbonyl (C=O) groups excluding carboxylic acids is 1. The van der Waals surface area contributed by atoms with Crippen molar-refractivity contribution in [3.8, 4) is 6.07 Å². The number of nitriles is 1. The minimum atomic E-state index is -0.994. The Labute approximate surface area is 105 Å². The molecule has 2 N–H and O–H groups in total. The van der Waals surface area contributed by atoms with E-state index < -0.39 is 11.9 Å². The van der Waals surface area contributed by atoms with Crippen LogP contribution in [0.4, 0.5) is 0 Å². The van der Waals surface area contributed by atoms with Gasteiger partial charge in [0.15, 0.2) is 0 Å². The molecule has 0 spiro atoms. The number of carboxylic acids is 1. The number of hydrogen-bond donors (Lipinski definition) is 2. The Kier molecular flexibility index (Phi) is 5.67. The van der Waals surface area contributed by atoms with Crippen LogP contribution in [0.2, 0.25) is 0 Å². The van der Waals surface area contributed by atoms with E-state index in [1.54, 1.807) is 6.07 Å². The molecule has 1 rings (SSSR count). The Bertz CT molecular complexity index is 380. The lowest BCUT2D eigenvalue weighted by atomic mass is 10.2. The van der Waals surface area contributed by atoms with E-state index in [1.807, 2.05) is 4.90 Å². The van der Waals surface area contributed by atoms with E-state index >= 15 is 0 Å². The number of aliphatic carboxylic acids is 1. The first-order valence-electron chi connectivity index (χ1n) is 5.57. The number of carbonyl (C=O) groups is 2. The maximum Gasteiger partial charge on any atom is 0.305 e. The highest BCUT2D eigenvalue weighted by atomic mass is 16.5. The van der Waals surface area contributed by atoms with Crippen LogP contribution in [0.25, 0.3) is 0 Å². The molecule has 1 saturated heterocycles. The van der Waals surface area contributed by atoms with E-state index in [0.29, 0.717) is 26.3 Å². The number of nitrogens with zero attached hydrogens (tertiary/aromatic N) is 2. The smallest absolute Gasteiger partial charge is 0.305 e. The van der Waals surface area contributed by atoms with Crippen LogP contribution < -0.4 is 5.32 Å². The lowest BCUT2D eigenvalue weighted by molar-refractivity contribution is -0.136. The van der Waals surface area contributed by atoms with E-state index in [-0.39, 0.29) is 18.5 Å². The molecule has 7 nitrogen and oxygen atoms in total. The second kappa shape index (κ2) is 7.29. The van der Waals surface area contributed by atoms with Crippen LogP contribution in [0.1, 0.15) is 6.42 Å². The number of nitrogens with one attached hydrogen (secondary N) is 1. The first-order valence-corrected chi connectivity index (χ1v) is 5.57. The van der Waals surface area contributed by atoms with Crippen molar-refractivity contribution >= 4 is 11.9 Å². The second-order valence-electron chi connectivity index (χ2n) is 3.70. The average molecular weight is 253 g/mol. The summed E-state index contributed by atoms with van der Waals surface area (Å²) in [6.45, 7) is 2.41. The first-order chi connectivity index (χ1) is 8.63. The van der Waals surface area contributed by atoms with Crippen LogP contribution in [-0.4, -0.2) is 54.7 Å². The molecular formula is C11H15N3O4. The fourth-order valence-electron chi connectivity index (χ4n) is 1.41. The van der Waals surface area contributed by atoms with Gasteiger partial charge in [-0.15, -0.1) is 0 Å². The molecule has 1 aliphatic heterocycles. The van der Waals surface area contributed by atoms with Crippen molar-refractivity contribution in [1.82, 2.24) is 10.2 Å². The zero-order chi connectivity index (χ0) is 13.4. The van der Waals surface area contributed by atoms with Crippen molar-refractivity contribution < 1.29 is 19.4 Å². The molecule has 18 heavy (non-hydrogen) atoms. The van der Waals surface area contributed by atoms with Gasteiger partial charge >= 0.3 is 5.97 Å². The standard InChI is InChI=1S/C11H15N3O4/c12-7-9(8-14-3-5-18-6-4-14)11(17)13-2-1-10(15)16/h8H,1-6H2,(H,13,17)(H,15,16)/b9-8-. The summed E-state index contributed by atoms with van der Waals surface area (Å²) in [6, 6.07) is 1.81. The van der Waals surface area contributed by atoms with Gasteiger partial charge < -0.3 is 20.1 Å². The van der Waals surface area contributed by atoms with Crippen molar-refractivity contribution in [2.75, 3.05) is 32.8 Å². The van der Waals surface area contributed by atoms with Gasteiger partial charge in [-0.25, -0.2) is 0 Å². The highest BCUT2D eigenvalue weighted by Crippen LogP contribution is 2.02. The number of ether oxygens (including phenoxy) is 1. The van der Waals surface area contributed by atoms with Crippen molar-refractivity contribution in [1.29, 1.82) is 5.26 Å². The van der Waals surface area contributed by atoms with Gasteiger partial charge in [0.05, 0.1) is 19.6 Å². The van der Waals surface area contributed by atoms with E-state index in [0.717, 1.165) is 0 Å². The molecule has 7 heteroatoms. The molecule has 0 atom stereocenters. The summed E-state index contributed by atoms with van der Waals surface area (Å²) < 4.78 is 5.15. The van der Waals surface area contributed by atoms with Crippen LogP contribution in [0.15, 0.2) is 11.8 Å². The summed E-state index contributed by atoms with van der Waals surface area (Å²) in [6.07, 6.45) is 1.32. The molecule has 0 aromatic carbocycles. The molecule has 0 bridgehead atoms. The Balaban J connectivity index is 2.48. The molecule has 0 saturated carbocycles. The summed E-state index contributed by atoms with van der Waals surface area (Å²) in [5.41, 5.74) is -0.0257. The van der Waals surface area contributed by atoms with E-state index in [9.17, 15) is 9.59 Å². The van der Waals surface area contributed by atoms with Gasteiger partial charge in [-0.2, -0.15) is 5.26 Å². The van der Waals surface area contributed by atoms with Crippen LogP contribution in [0.3, 0.4) is 0 Å². The molecule has 1 amide bonds. The van der Waals surface area contributed by atoms with E-state index in [2.05, 4.69) is 5.32 Å². The number of amides is 1. The molecule has 1 aliphatic rings. The van der Waals surface area contributed by atoms with Crippen molar-refractivity contribution in [2.24, 2.45) is 0 Å². The molecule has 1 heterocycles. The molecule has 0 aromatic rings. The summed E-state index contributed by atoms with van der Waals surface area (Å²) in [4.78, 5) is 23.7. The third-order valence-electron chi connectivity index (χ3n) is 2.35. The first kappa shape index (κ1) is 14.0. The number of rotatable bonds is 5. The lowest BCUT2D eigenvalue weighted by Gasteiger charge is -2.25. The van der Waals surface area contributed by atoms with Gasteiger partial charge in [0.25, 0.3) is 5.91 Å². The molecule has 98 valence electrons. The molecule has 0 aromatic heterocycles. The molecular weight excluding hydrogens is 238 g/mol. The van der Waals surface area contributed by atoms with Crippen LogP contribution in [0, 0.1) is 11.3 Å². The predicted octanol–water partition coefficient (Wildman–Crippen LogP) is -0.683. The summed E-state index contributed by atoms with van der Waals surface area (Å²) in [5.74, 6) is -1.55. The second-order valence-corrected chi connectivity index (χ2v) is 3.70. The van der Waals surface area contributed by atoms with E-state index in [4.69, 9.17) is 15.1 Å². The quantitative estimate of drug-likeness (QED) is 0.497. The largest absolute Gasteiger partial charge is 0.481 e. The highest BCUT2D eigenvalue weighted by Gasteiger charge is 2.13. The third kappa shape index (κ3) is 4.84. The summed E-state index contributed by atoms with van der Waals surface area (Å²) in [7, 11) is 0. The van der Waals surface area contributed by atoms with Gasteiger partial charge in [0.2, 0.25) is 0 Å².